The zero-order valence-corrected chi connectivity index (χ0v) is 13.5. The summed E-state index contributed by atoms with van der Waals surface area (Å²) < 4.78 is 93.7. The number of nitrogens with one attached hydrogen (secondary N) is 1. The van der Waals surface area contributed by atoms with Crippen molar-refractivity contribution in [3.63, 3.8) is 0 Å². The molecule has 1 aliphatic rings. The monoisotopic (exact) mass is 400 g/mol. The lowest BCUT2D eigenvalue weighted by Crippen LogP contribution is -2.49. The van der Waals surface area contributed by atoms with E-state index >= 15 is 0 Å². The molecule has 1 fully saturated rings. The van der Waals surface area contributed by atoms with Crippen LogP contribution in [-0.4, -0.2) is 37.3 Å². The minimum atomic E-state index is -5.13. The Balaban J connectivity index is 0.00000288. The smallest absolute Gasteiger partial charge is 0.314 e. The first-order valence-corrected chi connectivity index (χ1v) is 6.98. The molecule has 0 radical (unpaired) electrons. The molecule has 138 valence electrons. The summed E-state index contributed by atoms with van der Waals surface area (Å²) in [6.45, 7) is 0.00703. The molecule has 0 spiro atoms. The Morgan fingerprint density at radius 2 is 1.58 bits per heavy atom. The van der Waals surface area contributed by atoms with Gasteiger partial charge in [0.15, 0.2) is 0 Å². The van der Waals surface area contributed by atoms with Gasteiger partial charge in [0.1, 0.15) is 11.9 Å². The van der Waals surface area contributed by atoms with E-state index in [4.69, 9.17) is 11.6 Å². The molecule has 1 atom stereocenters. The summed E-state index contributed by atoms with van der Waals surface area (Å²) in [7, 11) is 0. The van der Waals surface area contributed by atoms with Crippen molar-refractivity contribution in [3.8, 4) is 0 Å². The molecule has 1 aliphatic heterocycles. The van der Waals surface area contributed by atoms with Crippen molar-refractivity contribution in [2.75, 3.05) is 26.2 Å². The predicted molar refractivity (Wildman–Crippen MR) is 76.9 cm³/mol. The summed E-state index contributed by atoms with van der Waals surface area (Å²) in [4.78, 5) is 0.778. The minimum absolute atomic E-state index is 0. The van der Waals surface area contributed by atoms with Crippen molar-refractivity contribution in [1.82, 2.24) is 10.2 Å². The highest BCUT2D eigenvalue weighted by Gasteiger charge is 2.50. The first-order valence-electron chi connectivity index (χ1n) is 6.60. The first kappa shape index (κ1) is 21.3. The Kier molecular flexibility index (Phi) is 6.77. The topological polar surface area (TPSA) is 15.3 Å². The van der Waals surface area contributed by atoms with E-state index in [0.717, 1.165) is 4.90 Å². The Labute approximate surface area is 144 Å². The van der Waals surface area contributed by atoms with E-state index in [0.29, 0.717) is 12.1 Å². The third kappa shape index (κ3) is 4.44. The lowest BCUT2D eigenvalue weighted by molar-refractivity contribution is -0.191. The summed E-state index contributed by atoms with van der Waals surface area (Å²) in [6, 6.07) is -1.73. The van der Waals surface area contributed by atoms with Crippen molar-refractivity contribution < 1.29 is 30.7 Å². The number of halogens is 9. The summed E-state index contributed by atoms with van der Waals surface area (Å²) in [6.07, 6.45) is -10.2. The van der Waals surface area contributed by atoms with Crippen LogP contribution in [0, 0.1) is 5.82 Å². The third-order valence-electron chi connectivity index (χ3n) is 3.54. The highest BCUT2D eigenvalue weighted by molar-refractivity contribution is 6.30. The van der Waals surface area contributed by atoms with Crippen molar-refractivity contribution in [2.24, 2.45) is 0 Å². The van der Waals surface area contributed by atoms with Crippen LogP contribution in [0.25, 0.3) is 0 Å². The molecule has 11 heteroatoms. The lowest BCUT2D eigenvalue weighted by atomic mass is 9.96. The van der Waals surface area contributed by atoms with E-state index in [2.05, 4.69) is 5.32 Å². The average molecular weight is 401 g/mol. The zero-order valence-electron chi connectivity index (χ0n) is 11.9. The predicted octanol–water partition coefficient (Wildman–Crippen LogP) is 4.43. The second-order valence-electron chi connectivity index (χ2n) is 5.05. The molecule has 1 saturated heterocycles. The maximum absolute atomic E-state index is 14.2. The van der Waals surface area contributed by atoms with Gasteiger partial charge in [-0.25, -0.2) is 4.39 Å². The highest BCUT2D eigenvalue weighted by atomic mass is 35.5. The van der Waals surface area contributed by atoms with Gasteiger partial charge in [-0.05, 0) is 12.1 Å². The maximum atomic E-state index is 14.2. The molecule has 0 amide bonds. The SMILES string of the molecule is Cl.Fc1c(Cl)ccc(C(F)(F)F)c1[C@H](N1CCNCC1)C(F)(F)F. The van der Waals surface area contributed by atoms with Gasteiger partial charge in [0, 0.05) is 31.7 Å². The molecule has 1 aromatic rings. The van der Waals surface area contributed by atoms with Crippen molar-refractivity contribution >= 4 is 24.0 Å². The summed E-state index contributed by atoms with van der Waals surface area (Å²) in [5.74, 6) is -1.69. The average Bonchev–Trinajstić information content (AvgIpc) is 2.42. The molecular weight excluding hydrogens is 388 g/mol. The van der Waals surface area contributed by atoms with Gasteiger partial charge in [-0.1, -0.05) is 11.6 Å². The van der Waals surface area contributed by atoms with E-state index in [1.807, 2.05) is 0 Å². The number of hydrogen-bond acceptors (Lipinski definition) is 2. The van der Waals surface area contributed by atoms with E-state index < -0.39 is 40.4 Å². The van der Waals surface area contributed by atoms with Crippen LogP contribution >= 0.6 is 24.0 Å². The van der Waals surface area contributed by atoms with Crippen LogP contribution in [0.5, 0.6) is 0 Å². The Bertz CT molecular complexity index is 569. The van der Waals surface area contributed by atoms with Crippen LogP contribution in [0.4, 0.5) is 30.7 Å². The molecule has 24 heavy (non-hydrogen) atoms. The van der Waals surface area contributed by atoms with Gasteiger partial charge in [-0.2, -0.15) is 26.3 Å². The van der Waals surface area contributed by atoms with E-state index in [1.54, 1.807) is 0 Å². The van der Waals surface area contributed by atoms with Crippen LogP contribution < -0.4 is 5.32 Å². The minimum Gasteiger partial charge on any atom is -0.314 e. The maximum Gasteiger partial charge on any atom is 0.416 e. The standard InChI is InChI=1S/C13H12ClF7N2.ClH/c14-8-2-1-7(12(16,17)18)9(10(8)15)11(13(19,20)21)23-5-3-22-4-6-23;/h1-2,11,22H,3-6H2;1H/t11-;/m0./s1. The van der Waals surface area contributed by atoms with Gasteiger partial charge in [0.05, 0.1) is 10.6 Å². The summed E-state index contributed by atoms with van der Waals surface area (Å²) >= 11 is 5.43. The molecule has 0 saturated carbocycles. The second kappa shape index (κ2) is 7.63. The third-order valence-corrected chi connectivity index (χ3v) is 3.83. The molecule has 1 N–H and O–H groups in total. The summed E-state index contributed by atoms with van der Waals surface area (Å²) in [5, 5.41) is 2.01. The van der Waals surface area contributed by atoms with Gasteiger partial charge < -0.3 is 5.32 Å². The van der Waals surface area contributed by atoms with E-state index in [1.165, 1.54) is 0 Å². The molecule has 0 unspecified atom stereocenters. The van der Waals surface area contributed by atoms with Crippen molar-refractivity contribution in [1.29, 1.82) is 0 Å². The lowest BCUT2D eigenvalue weighted by Gasteiger charge is -2.37. The number of benzene rings is 1. The normalized spacial score (nSPS) is 18.2. The quantitative estimate of drug-likeness (QED) is 0.738. The number of piperazine rings is 1. The van der Waals surface area contributed by atoms with Gasteiger partial charge >= 0.3 is 12.4 Å². The zero-order chi connectivity index (χ0) is 17.4. The number of nitrogens with zero attached hydrogens (tertiary/aromatic N) is 1. The van der Waals surface area contributed by atoms with E-state index in [-0.39, 0.29) is 38.6 Å². The van der Waals surface area contributed by atoms with Gasteiger partial charge in [-0.15, -0.1) is 12.4 Å². The Morgan fingerprint density at radius 3 is 2.04 bits per heavy atom. The molecule has 0 bridgehead atoms. The fourth-order valence-electron chi connectivity index (χ4n) is 2.57. The summed E-state index contributed by atoms with van der Waals surface area (Å²) in [5.41, 5.74) is -3.14. The van der Waals surface area contributed by atoms with Gasteiger partial charge in [-0.3, -0.25) is 4.90 Å². The van der Waals surface area contributed by atoms with Crippen LogP contribution in [-0.2, 0) is 6.18 Å². The molecule has 2 nitrogen and oxygen atoms in total. The molecule has 0 aliphatic carbocycles. The van der Waals surface area contributed by atoms with Crippen LogP contribution in [0.2, 0.25) is 5.02 Å². The number of hydrogen-bond donors (Lipinski definition) is 1. The van der Waals surface area contributed by atoms with Crippen LogP contribution in [0.15, 0.2) is 12.1 Å². The fourth-order valence-corrected chi connectivity index (χ4v) is 2.74. The molecule has 2 rings (SSSR count). The fraction of sp³-hybridized carbons (Fsp3) is 0.538. The molecule has 1 heterocycles. The largest absolute Gasteiger partial charge is 0.416 e. The Morgan fingerprint density at radius 1 is 1.04 bits per heavy atom. The highest BCUT2D eigenvalue weighted by Crippen LogP contribution is 2.45. The Hall–Kier alpha value is -0.770. The van der Waals surface area contributed by atoms with Crippen molar-refractivity contribution in [2.45, 2.75) is 18.4 Å². The van der Waals surface area contributed by atoms with Crippen LogP contribution in [0.3, 0.4) is 0 Å². The number of rotatable bonds is 2. The molecule has 0 aromatic heterocycles. The van der Waals surface area contributed by atoms with Gasteiger partial charge in [0.25, 0.3) is 0 Å². The molecular formula is C13H13Cl2F7N2. The van der Waals surface area contributed by atoms with Gasteiger partial charge in [0.2, 0.25) is 0 Å². The van der Waals surface area contributed by atoms with Crippen molar-refractivity contribution in [3.05, 3.63) is 34.1 Å². The van der Waals surface area contributed by atoms with E-state index in [9.17, 15) is 30.7 Å². The van der Waals surface area contributed by atoms with Crippen LogP contribution in [0.1, 0.15) is 17.2 Å². The first-order chi connectivity index (χ1) is 10.5. The molecule has 1 aromatic carbocycles. The number of alkyl halides is 6. The second-order valence-corrected chi connectivity index (χ2v) is 5.46.